The maximum Gasteiger partial charge on any atom is 0.233 e. The molecule has 0 fully saturated rings. The Morgan fingerprint density at radius 3 is 2.56 bits per heavy atom. The molecule has 18 heavy (non-hydrogen) atoms. The van der Waals surface area contributed by atoms with Crippen LogP contribution in [0, 0.1) is 0 Å². The molecular weight excluding hydrogens is 244 g/mol. The molecule has 100 valence electrons. The number of carbonyl (C=O) groups excluding carboxylic acids is 1. The van der Waals surface area contributed by atoms with Gasteiger partial charge in [0.25, 0.3) is 0 Å². The highest BCUT2D eigenvalue weighted by atomic mass is 32.2. The van der Waals surface area contributed by atoms with Gasteiger partial charge in [-0.05, 0) is 37.3 Å². The van der Waals surface area contributed by atoms with Crippen molar-refractivity contribution < 1.29 is 4.79 Å². The van der Waals surface area contributed by atoms with E-state index in [0.29, 0.717) is 6.54 Å². The van der Waals surface area contributed by atoms with E-state index in [1.165, 1.54) is 0 Å². The molecule has 1 amide bonds. The summed E-state index contributed by atoms with van der Waals surface area (Å²) in [4.78, 5) is 11.6. The van der Waals surface area contributed by atoms with Crippen LogP contribution < -0.4 is 10.6 Å². The lowest BCUT2D eigenvalue weighted by atomic mass is 10.2. The van der Waals surface area contributed by atoms with Crippen molar-refractivity contribution in [2.45, 2.75) is 32.1 Å². The van der Waals surface area contributed by atoms with E-state index in [1.54, 1.807) is 11.8 Å². The first kappa shape index (κ1) is 14.9. The second-order valence-electron chi connectivity index (χ2n) is 4.22. The number of rotatable bonds is 7. The maximum absolute atomic E-state index is 11.6. The first-order chi connectivity index (χ1) is 8.67. The molecule has 0 aliphatic heterocycles. The summed E-state index contributed by atoms with van der Waals surface area (Å²) in [5.74, 6) is 0.0932. The lowest BCUT2D eigenvalue weighted by Crippen LogP contribution is -2.30. The third-order valence-electron chi connectivity index (χ3n) is 2.72. The lowest BCUT2D eigenvalue weighted by molar-refractivity contribution is -0.120. The average molecular weight is 266 g/mol. The topological polar surface area (TPSA) is 41.1 Å². The van der Waals surface area contributed by atoms with Crippen molar-refractivity contribution >= 4 is 23.4 Å². The Morgan fingerprint density at radius 2 is 2.00 bits per heavy atom. The molecule has 0 bridgehead atoms. The number of hydrogen-bond acceptors (Lipinski definition) is 3. The van der Waals surface area contributed by atoms with Crippen LogP contribution in [-0.4, -0.2) is 24.0 Å². The Labute approximate surface area is 114 Å². The maximum atomic E-state index is 11.6. The van der Waals surface area contributed by atoms with Gasteiger partial charge >= 0.3 is 0 Å². The summed E-state index contributed by atoms with van der Waals surface area (Å²) in [5, 5.41) is 6.26. The predicted molar refractivity (Wildman–Crippen MR) is 80.0 cm³/mol. The third kappa shape index (κ3) is 5.00. The van der Waals surface area contributed by atoms with E-state index in [2.05, 4.69) is 29.7 Å². The fraction of sp³-hybridized carbons (Fsp3) is 0.500. The minimum Gasteiger partial charge on any atom is -0.385 e. The third-order valence-corrected chi connectivity index (χ3v) is 3.64. The molecule has 3 nitrogen and oxygen atoms in total. The summed E-state index contributed by atoms with van der Waals surface area (Å²) in [6, 6.07) is 8.19. The first-order valence-electron chi connectivity index (χ1n) is 6.30. The van der Waals surface area contributed by atoms with Crippen LogP contribution in [0.5, 0.6) is 0 Å². The number of thioether (sulfide) groups is 1. The zero-order chi connectivity index (χ0) is 13.4. The molecule has 0 saturated carbocycles. The molecule has 0 aromatic heterocycles. The number of carbonyl (C=O) groups is 1. The van der Waals surface area contributed by atoms with Crippen LogP contribution in [-0.2, 0) is 11.3 Å². The van der Waals surface area contributed by atoms with Crippen LogP contribution in [0.25, 0.3) is 0 Å². The van der Waals surface area contributed by atoms with Gasteiger partial charge in [-0.15, -0.1) is 0 Å². The van der Waals surface area contributed by atoms with Crippen LogP contribution >= 0.6 is 11.8 Å². The molecule has 0 heterocycles. The van der Waals surface area contributed by atoms with Crippen molar-refractivity contribution in [3.8, 4) is 0 Å². The molecule has 1 aromatic carbocycles. The van der Waals surface area contributed by atoms with Crippen LogP contribution in [0.2, 0.25) is 0 Å². The molecule has 1 unspecified atom stereocenters. The predicted octanol–water partition coefficient (Wildman–Crippen LogP) is 2.88. The van der Waals surface area contributed by atoms with Gasteiger partial charge in [0.1, 0.15) is 0 Å². The van der Waals surface area contributed by atoms with E-state index in [4.69, 9.17) is 0 Å². The Kier molecular flexibility index (Phi) is 6.65. The van der Waals surface area contributed by atoms with E-state index >= 15 is 0 Å². The van der Waals surface area contributed by atoms with Crippen molar-refractivity contribution in [2.75, 3.05) is 18.1 Å². The molecule has 0 aliphatic rings. The molecule has 1 aromatic rings. The highest BCUT2D eigenvalue weighted by Crippen LogP contribution is 2.10. The molecule has 4 heteroatoms. The smallest absolute Gasteiger partial charge is 0.233 e. The summed E-state index contributed by atoms with van der Waals surface area (Å²) in [6.07, 6.45) is 3.06. The molecular formula is C14H22N2OS. The second-order valence-corrected chi connectivity index (χ2v) is 5.40. The summed E-state index contributed by atoms with van der Waals surface area (Å²) in [7, 11) is 0. The number of nitrogens with one attached hydrogen (secondary N) is 2. The highest BCUT2D eigenvalue weighted by molar-refractivity contribution is 7.99. The van der Waals surface area contributed by atoms with Crippen molar-refractivity contribution in [3.05, 3.63) is 29.8 Å². The first-order valence-corrected chi connectivity index (χ1v) is 7.59. The van der Waals surface area contributed by atoms with E-state index in [9.17, 15) is 4.79 Å². The summed E-state index contributed by atoms with van der Waals surface area (Å²) >= 11 is 1.56. The highest BCUT2D eigenvalue weighted by Gasteiger charge is 2.09. The molecule has 0 spiro atoms. The second kappa shape index (κ2) is 8.03. The Balaban J connectivity index is 2.41. The molecule has 2 N–H and O–H groups in total. The van der Waals surface area contributed by atoms with Gasteiger partial charge in [0.15, 0.2) is 0 Å². The summed E-state index contributed by atoms with van der Waals surface area (Å²) < 4.78 is 0. The molecule has 1 rings (SSSR count). The van der Waals surface area contributed by atoms with E-state index in [1.807, 2.05) is 25.3 Å². The Morgan fingerprint density at radius 1 is 1.33 bits per heavy atom. The zero-order valence-electron chi connectivity index (χ0n) is 11.3. The number of amides is 1. The lowest BCUT2D eigenvalue weighted by Gasteiger charge is -2.10. The summed E-state index contributed by atoms with van der Waals surface area (Å²) in [5.41, 5.74) is 2.25. The van der Waals surface area contributed by atoms with Crippen LogP contribution in [0.15, 0.2) is 24.3 Å². The zero-order valence-corrected chi connectivity index (χ0v) is 12.1. The van der Waals surface area contributed by atoms with Crippen molar-refractivity contribution in [2.24, 2.45) is 0 Å². The minimum atomic E-state index is 0.00972. The van der Waals surface area contributed by atoms with Gasteiger partial charge in [0.2, 0.25) is 5.91 Å². The Hall–Kier alpha value is -1.16. The SMILES string of the molecule is CCCNc1ccc(CNC(=O)C(C)SC)cc1. The average Bonchev–Trinajstić information content (AvgIpc) is 2.42. The van der Waals surface area contributed by atoms with Gasteiger partial charge in [-0.3, -0.25) is 4.79 Å². The minimum absolute atomic E-state index is 0.00972. The number of anilines is 1. The molecule has 1 atom stereocenters. The quantitative estimate of drug-likeness (QED) is 0.797. The Bertz CT molecular complexity index is 365. The number of hydrogen-bond donors (Lipinski definition) is 2. The standard InChI is InChI=1S/C14H22N2OS/c1-4-9-15-13-7-5-12(6-8-13)10-16-14(17)11(2)18-3/h5-8,11,15H,4,9-10H2,1-3H3,(H,16,17). The fourth-order valence-corrected chi connectivity index (χ4v) is 1.75. The largest absolute Gasteiger partial charge is 0.385 e. The van der Waals surface area contributed by atoms with Crippen LogP contribution in [0.4, 0.5) is 5.69 Å². The fourth-order valence-electron chi connectivity index (χ4n) is 1.45. The monoisotopic (exact) mass is 266 g/mol. The van der Waals surface area contributed by atoms with E-state index in [-0.39, 0.29) is 11.2 Å². The van der Waals surface area contributed by atoms with Crippen molar-refractivity contribution in [1.82, 2.24) is 5.32 Å². The van der Waals surface area contributed by atoms with E-state index in [0.717, 1.165) is 24.2 Å². The van der Waals surface area contributed by atoms with Crippen molar-refractivity contribution in [3.63, 3.8) is 0 Å². The van der Waals surface area contributed by atoms with E-state index < -0.39 is 0 Å². The summed E-state index contributed by atoms with van der Waals surface area (Å²) in [6.45, 7) is 5.64. The van der Waals surface area contributed by atoms with Gasteiger partial charge in [-0.2, -0.15) is 11.8 Å². The molecule has 0 radical (unpaired) electrons. The molecule has 0 saturated heterocycles. The normalized spacial score (nSPS) is 11.9. The van der Waals surface area contributed by atoms with Gasteiger partial charge in [-0.25, -0.2) is 0 Å². The van der Waals surface area contributed by atoms with Crippen LogP contribution in [0.3, 0.4) is 0 Å². The van der Waals surface area contributed by atoms with Gasteiger partial charge in [-0.1, -0.05) is 19.1 Å². The molecule has 0 aliphatic carbocycles. The van der Waals surface area contributed by atoms with Crippen molar-refractivity contribution in [1.29, 1.82) is 0 Å². The van der Waals surface area contributed by atoms with Gasteiger partial charge in [0.05, 0.1) is 5.25 Å². The number of benzene rings is 1. The van der Waals surface area contributed by atoms with Crippen LogP contribution in [0.1, 0.15) is 25.8 Å². The van der Waals surface area contributed by atoms with Gasteiger partial charge < -0.3 is 10.6 Å². The van der Waals surface area contributed by atoms with Gasteiger partial charge in [0, 0.05) is 18.8 Å².